The second kappa shape index (κ2) is 6.25. The molecule has 2 aromatic rings. The summed E-state index contributed by atoms with van der Waals surface area (Å²) in [6.45, 7) is 1.28. The fourth-order valence-corrected chi connectivity index (χ4v) is 1.57. The lowest BCUT2D eigenvalue weighted by Crippen LogP contribution is -2.09. The predicted molar refractivity (Wildman–Crippen MR) is 68.1 cm³/mol. The van der Waals surface area contributed by atoms with Gasteiger partial charge in [0.2, 0.25) is 0 Å². The second-order valence-electron chi connectivity index (χ2n) is 4.00. The van der Waals surface area contributed by atoms with Crippen LogP contribution in [0.5, 0.6) is 6.01 Å². The molecule has 7 heteroatoms. The maximum absolute atomic E-state index is 13.3. The van der Waals surface area contributed by atoms with Gasteiger partial charge in [0.1, 0.15) is 18.7 Å². The highest BCUT2D eigenvalue weighted by atomic mass is 19.1. The van der Waals surface area contributed by atoms with Crippen molar-refractivity contribution in [3.05, 3.63) is 47.7 Å². The van der Waals surface area contributed by atoms with Crippen LogP contribution in [0.2, 0.25) is 0 Å². The molecule has 0 aliphatic carbocycles. The molecule has 1 atom stereocenters. The Balaban J connectivity index is 2.13. The van der Waals surface area contributed by atoms with Crippen LogP contribution < -0.4 is 10.1 Å². The van der Waals surface area contributed by atoms with Crippen LogP contribution in [-0.2, 0) is 0 Å². The van der Waals surface area contributed by atoms with Crippen LogP contribution >= 0.6 is 0 Å². The van der Waals surface area contributed by atoms with E-state index in [0.717, 1.165) is 11.8 Å². The van der Waals surface area contributed by atoms with Crippen LogP contribution in [0, 0.1) is 11.6 Å². The molecule has 2 rings (SSSR count). The standard InChI is InChI=1S/C13H13F2N3O2/c1-8(9-2-4-10(14)5-3-9)20-13-16-6-11(15)12(18-13)17-7-19/h2-6,8,19H,7H2,1H3,(H,16,17,18). The Morgan fingerprint density at radius 3 is 2.65 bits per heavy atom. The molecule has 1 aromatic heterocycles. The monoisotopic (exact) mass is 281 g/mol. The minimum absolute atomic E-state index is 0.0424. The Morgan fingerprint density at radius 2 is 2.00 bits per heavy atom. The molecular formula is C13H13F2N3O2. The summed E-state index contributed by atoms with van der Waals surface area (Å²) >= 11 is 0. The summed E-state index contributed by atoms with van der Waals surface area (Å²) in [5, 5.41) is 11.0. The first-order valence-electron chi connectivity index (χ1n) is 5.89. The van der Waals surface area contributed by atoms with Gasteiger partial charge in [0, 0.05) is 0 Å². The van der Waals surface area contributed by atoms with Crippen molar-refractivity contribution in [3.8, 4) is 6.01 Å². The molecule has 0 saturated carbocycles. The van der Waals surface area contributed by atoms with E-state index >= 15 is 0 Å². The molecule has 1 unspecified atom stereocenters. The minimum Gasteiger partial charge on any atom is -0.456 e. The van der Waals surface area contributed by atoms with Crippen LogP contribution in [0.3, 0.4) is 0 Å². The highest BCUT2D eigenvalue weighted by molar-refractivity contribution is 5.35. The summed E-state index contributed by atoms with van der Waals surface area (Å²) in [6.07, 6.45) is 0.514. The SMILES string of the molecule is CC(Oc1ncc(F)c(NCO)n1)c1ccc(F)cc1. The number of halogens is 2. The third kappa shape index (κ3) is 3.39. The summed E-state index contributed by atoms with van der Waals surface area (Å²) in [4.78, 5) is 7.49. The largest absolute Gasteiger partial charge is 0.456 e. The smallest absolute Gasteiger partial charge is 0.319 e. The Kier molecular flexibility index (Phi) is 4.41. The molecule has 1 aromatic carbocycles. The zero-order chi connectivity index (χ0) is 14.5. The molecule has 2 N–H and O–H groups in total. The van der Waals surface area contributed by atoms with E-state index in [0.29, 0.717) is 0 Å². The molecule has 0 bridgehead atoms. The number of aliphatic hydroxyl groups excluding tert-OH is 1. The van der Waals surface area contributed by atoms with Gasteiger partial charge in [0.25, 0.3) is 0 Å². The number of aliphatic hydroxyl groups is 1. The van der Waals surface area contributed by atoms with Gasteiger partial charge in [-0.2, -0.15) is 4.98 Å². The lowest BCUT2D eigenvalue weighted by atomic mass is 10.1. The lowest BCUT2D eigenvalue weighted by Gasteiger charge is -2.14. The molecule has 0 aliphatic heterocycles. The Labute approximate surface area is 114 Å². The minimum atomic E-state index is -0.694. The van der Waals surface area contributed by atoms with Gasteiger partial charge in [-0.05, 0) is 24.6 Å². The normalized spacial score (nSPS) is 12.0. The molecule has 0 aliphatic rings. The fraction of sp³-hybridized carbons (Fsp3) is 0.231. The van der Waals surface area contributed by atoms with E-state index in [1.807, 2.05) is 0 Å². The maximum atomic E-state index is 13.3. The van der Waals surface area contributed by atoms with Gasteiger partial charge in [0.15, 0.2) is 11.6 Å². The Hall–Kier alpha value is -2.28. The highest BCUT2D eigenvalue weighted by Gasteiger charge is 2.12. The Morgan fingerprint density at radius 1 is 1.30 bits per heavy atom. The number of nitrogens with zero attached hydrogens (tertiary/aromatic N) is 2. The summed E-state index contributed by atoms with van der Waals surface area (Å²) < 4.78 is 31.5. The third-order valence-corrected chi connectivity index (χ3v) is 2.59. The van der Waals surface area contributed by atoms with E-state index in [1.54, 1.807) is 19.1 Å². The summed E-state index contributed by atoms with van der Waals surface area (Å²) in [5.74, 6) is -1.18. The molecule has 5 nitrogen and oxygen atoms in total. The van der Waals surface area contributed by atoms with Crippen LogP contribution in [0.4, 0.5) is 14.6 Å². The summed E-state index contributed by atoms with van der Waals surface area (Å²) in [6, 6.07) is 5.75. The van der Waals surface area contributed by atoms with Crippen molar-refractivity contribution < 1.29 is 18.6 Å². The number of anilines is 1. The number of nitrogens with one attached hydrogen (secondary N) is 1. The van der Waals surface area contributed by atoms with Crippen LogP contribution in [0.15, 0.2) is 30.5 Å². The molecule has 106 valence electrons. The van der Waals surface area contributed by atoms with Gasteiger partial charge < -0.3 is 15.2 Å². The Bertz CT molecular complexity index is 578. The van der Waals surface area contributed by atoms with Crippen LogP contribution in [0.25, 0.3) is 0 Å². The molecule has 0 amide bonds. The fourth-order valence-electron chi connectivity index (χ4n) is 1.57. The first kappa shape index (κ1) is 14.1. The maximum Gasteiger partial charge on any atom is 0.319 e. The van der Waals surface area contributed by atoms with Crippen LogP contribution in [0.1, 0.15) is 18.6 Å². The van der Waals surface area contributed by atoms with Crippen molar-refractivity contribution >= 4 is 5.82 Å². The summed E-state index contributed by atoms with van der Waals surface area (Å²) in [5.41, 5.74) is 0.732. The lowest BCUT2D eigenvalue weighted by molar-refractivity contribution is 0.206. The van der Waals surface area contributed by atoms with Gasteiger partial charge in [-0.25, -0.2) is 13.8 Å². The molecule has 0 fully saturated rings. The van der Waals surface area contributed by atoms with Crippen molar-refractivity contribution in [1.82, 2.24) is 9.97 Å². The molecule has 1 heterocycles. The first-order valence-corrected chi connectivity index (χ1v) is 5.89. The number of hydrogen-bond donors (Lipinski definition) is 2. The molecule has 0 radical (unpaired) electrons. The zero-order valence-electron chi connectivity index (χ0n) is 10.7. The molecule has 0 spiro atoms. The van der Waals surface area contributed by atoms with Gasteiger partial charge in [-0.3, -0.25) is 0 Å². The number of benzene rings is 1. The quantitative estimate of drug-likeness (QED) is 0.823. The number of hydrogen-bond acceptors (Lipinski definition) is 5. The predicted octanol–water partition coefficient (Wildman–Crippen LogP) is 2.26. The first-order chi connectivity index (χ1) is 9.60. The summed E-state index contributed by atoms with van der Waals surface area (Å²) in [7, 11) is 0. The van der Waals surface area contributed by atoms with Gasteiger partial charge in [0.05, 0.1) is 6.20 Å². The van der Waals surface area contributed by atoms with Gasteiger partial charge >= 0.3 is 6.01 Å². The van der Waals surface area contributed by atoms with Gasteiger partial charge in [-0.15, -0.1) is 0 Å². The van der Waals surface area contributed by atoms with E-state index in [9.17, 15) is 8.78 Å². The average Bonchev–Trinajstić information content (AvgIpc) is 2.43. The highest BCUT2D eigenvalue weighted by Crippen LogP contribution is 2.20. The van der Waals surface area contributed by atoms with Crippen molar-refractivity contribution in [3.63, 3.8) is 0 Å². The van der Waals surface area contributed by atoms with E-state index in [2.05, 4.69) is 15.3 Å². The zero-order valence-corrected chi connectivity index (χ0v) is 10.7. The number of rotatable bonds is 5. The topological polar surface area (TPSA) is 67.3 Å². The van der Waals surface area contributed by atoms with Crippen molar-refractivity contribution in [1.29, 1.82) is 0 Å². The molecular weight excluding hydrogens is 268 g/mol. The van der Waals surface area contributed by atoms with Crippen molar-refractivity contribution in [2.75, 3.05) is 12.0 Å². The van der Waals surface area contributed by atoms with Crippen LogP contribution in [-0.4, -0.2) is 21.8 Å². The van der Waals surface area contributed by atoms with Crippen molar-refractivity contribution in [2.45, 2.75) is 13.0 Å². The van der Waals surface area contributed by atoms with E-state index < -0.39 is 18.7 Å². The third-order valence-electron chi connectivity index (χ3n) is 2.59. The number of ether oxygens (including phenoxy) is 1. The number of aromatic nitrogens is 2. The second-order valence-corrected chi connectivity index (χ2v) is 4.00. The van der Waals surface area contributed by atoms with E-state index in [4.69, 9.17) is 9.84 Å². The molecule has 20 heavy (non-hydrogen) atoms. The van der Waals surface area contributed by atoms with E-state index in [-0.39, 0.29) is 17.6 Å². The van der Waals surface area contributed by atoms with Crippen molar-refractivity contribution in [2.24, 2.45) is 0 Å². The average molecular weight is 281 g/mol. The van der Waals surface area contributed by atoms with Gasteiger partial charge in [-0.1, -0.05) is 12.1 Å². The van der Waals surface area contributed by atoms with E-state index in [1.165, 1.54) is 12.1 Å². The molecule has 0 saturated heterocycles.